The number of hydrogen-bond acceptors (Lipinski definition) is 2. The van der Waals surface area contributed by atoms with Gasteiger partial charge in [-0.15, -0.1) is 0 Å². The summed E-state index contributed by atoms with van der Waals surface area (Å²) in [5, 5.41) is 0. The zero-order valence-electron chi connectivity index (χ0n) is 10.9. The zero-order chi connectivity index (χ0) is 12.8. The quantitative estimate of drug-likeness (QED) is 0.841. The second kappa shape index (κ2) is 6.41. The third-order valence-corrected chi connectivity index (χ3v) is 3.46. The SMILES string of the molecule is Cc1ccccc1C(CCN)CCc1ccco1. The van der Waals surface area contributed by atoms with Crippen LogP contribution in [0.3, 0.4) is 0 Å². The molecule has 0 aliphatic rings. The van der Waals surface area contributed by atoms with Crippen molar-refractivity contribution in [2.24, 2.45) is 5.73 Å². The molecule has 0 aliphatic heterocycles. The van der Waals surface area contributed by atoms with Crippen LogP contribution in [0.4, 0.5) is 0 Å². The lowest BCUT2D eigenvalue weighted by Gasteiger charge is -2.18. The molecule has 2 aromatic rings. The van der Waals surface area contributed by atoms with Crippen molar-refractivity contribution in [3.8, 4) is 0 Å². The van der Waals surface area contributed by atoms with E-state index in [1.165, 1.54) is 11.1 Å². The number of aryl methyl sites for hydroxylation is 2. The minimum atomic E-state index is 0.529. The van der Waals surface area contributed by atoms with Crippen molar-refractivity contribution in [3.63, 3.8) is 0 Å². The van der Waals surface area contributed by atoms with Crippen molar-refractivity contribution >= 4 is 0 Å². The standard InChI is InChI=1S/C16H21NO/c1-13-5-2-3-7-16(13)14(10-11-17)8-9-15-6-4-12-18-15/h2-7,12,14H,8-11,17H2,1H3. The molecule has 2 heteroatoms. The summed E-state index contributed by atoms with van der Waals surface area (Å²) < 4.78 is 5.40. The van der Waals surface area contributed by atoms with Crippen LogP contribution in [0.5, 0.6) is 0 Å². The number of furan rings is 1. The van der Waals surface area contributed by atoms with Gasteiger partial charge in [0.25, 0.3) is 0 Å². The fourth-order valence-electron chi connectivity index (χ4n) is 2.47. The molecule has 2 nitrogen and oxygen atoms in total. The van der Waals surface area contributed by atoms with Gasteiger partial charge in [-0.3, -0.25) is 0 Å². The summed E-state index contributed by atoms with van der Waals surface area (Å²) >= 11 is 0. The summed E-state index contributed by atoms with van der Waals surface area (Å²) in [6.45, 7) is 2.91. The Morgan fingerprint density at radius 3 is 2.61 bits per heavy atom. The number of benzene rings is 1. The average Bonchev–Trinajstić information content (AvgIpc) is 2.88. The Balaban J connectivity index is 2.06. The summed E-state index contributed by atoms with van der Waals surface area (Å²) in [4.78, 5) is 0. The van der Waals surface area contributed by atoms with Crippen molar-refractivity contribution in [1.82, 2.24) is 0 Å². The van der Waals surface area contributed by atoms with Gasteiger partial charge in [0, 0.05) is 6.42 Å². The monoisotopic (exact) mass is 243 g/mol. The van der Waals surface area contributed by atoms with Crippen molar-refractivity contribution < 1.29 is 4.42 Å². The first kappa shape index (κ1) is 12.9. The van der Waals surface area contributed by atoms with E-state index in [1.54, 1.807) is 6.26 Å². The van der Waals surface area contributed by atoms with Gasteiger partial charge in [-0.1, -0.05) is 24.3 Å². The van der Waals surface area contributed by atoms with Gasteiger partial charge in [-0.25, -0.2) is 0 Å². The molecule has 0 bridgehead atoms. The summed E-state index contributed by atoms with van der Waals surface area (Å²) in [6.07, 6.45) is 4.84. The van der Waals surface area contributed by atoms with E-state index in [9.17, 15) is 0 Å². The van der Waals surface area contributed by atoms with E-state index in [0.717, 1.165) is 31.6 Å². The normalized spacial score (nSPS) is 12.6. The number of rotatable bonds is 6. The third-order valence-electron chi connectivity index (χ3n) is 3.46. The number of hydrogen-bond donors (Lipinski definition) is 1. The molecule has 0 fully saturated rings. The van der Waals surface area contributed by atoms with Crippen molar-refractivity contribution in [2.45, 2.75) is 32.1 Å². The molecule has 0 saturated heterocycles. The molecule has 1 aromatic carbocycles. The highest BCUT2D eigenvalue weighted by atomic mass is 16.3. The maximum Gasteiger partial charge on any atom is 0.103 e. The minimum absolute atomic E-state index is 0.529. The predicted molar refractivity (Wildman–Crippen MR) is 74.6 cm³/mol. The molecule has 1 aromatic heterocycles. The van der Waals surface area contributed by atoms with Gasteiger partial charge in [-0.05, 0) is 55.5 Å². The summed E-state index contributed by atoms with van der Waals surface area (Å²) in [7, 11) is 0. The largest absolute Gasteiger partial charge is 0.469 e. The van der Waals surface area contributed by atoms with E-state index in [-0.39, 0.29) is 0 Å². The first-order valence-corrected chi connectivity index (χ1v) is 6.59. The highest BCUT2D eigenvalue weighted by molar-refractivity contribution is 5.29. The highest BCUT2D eigenvalue weighted by Crippen LogP contribution is 2.27. The summed E-state index contributed by atoms with van der Waals surface area (Å²) in [6, 6.07) is 12.6. The van der Waals surface area contributed by atoms with Crippen LogP contribution < -0.4 is 5.73 Å². The lowest BCUT2D eigenvalue weighted by atomic mass is 9.88. The Labute approximate surface area is 109 Å². The fourth-order valence-corrected chi connectivity index (χ4v) is 2.47. The van der Waals surface area contributed by atoms with Gasteiger partial charge in [0.2, 0.25) is 0 Å². The average molecular weight is 243 g/mol. The molecule has 0 amide bonds. The fraction of sp³-hybridized carbons (Fsp3) is 0.375. The second-order valence-corrected chi connectivity index (χ2v) is 4.75. The molecule has 1 atom stereocenters. The second-order valence-electron chi connectivity index (χ2n) is 4.75. The van der Waals surface area contributed by atoms with Gasteiger partial charge in [0.15, 0.2) is 0 Å². The molecular weight excluding hydrogens is 222 g/mol. The first-order valence-electron chi connectivity index (χ1n) is 6.59. The van der Waals surface area contributed by atoms with Crippen molar-refractivity contribution in [3.05, 3.63) is 59.5 Å². The Hall–Kier alpha value is -1.54. The van der Waals surface area contributed by atoms with Crippen molar-refractivity contribution in [2.75, 3.05) is 6.54 Å². The molecule has 1 unspecified atom stereocenters. The zero-order valence-corrected chi connectivity index (χ0v) is 10.9. The highest BCUT2D eigenvalue weighted by Gasteiger charge is 2.13. The molecule has 0 spiro atoms. The van der Waals surface area contributed by atoms with Gasteiger partial charge < -0.3 is 10.2 Å². The lowest BCUT2D eigenvalue weighted by molar-refractivity contribution is 0.479. The van der Waals surface area contributed by atoms with Crippen LogP contribution in [0.2, 0.25) is 0 Å². The van der Waals surface area contributed by atoms with E-state index in [0.29, 0.717) is 5.92 Å². The molecule has 2 rings (SSSR count). The van der Waals surface area contributed by atoms with Gasteiger partial charge >= 0.3 is 0 Å². The Morgan fingerprint density at radius 2 is 1.94 bits per heavy atom. The molecule has 1 heterocycles. The lowest BCUT2D eigenvalue weighted by Crippen LogP contribution is -2.09. The maximum absolute atomic E-state index is 5.74. The molecule has 96 valence electrons. The predicted octanol–water partition coefficient (Wildman–Crippen LogP) is 3.65. The van der Waals surface area contributed by atoms with Gasteiger partial charge in [0.1, 0.15) is 5.76 Å². The van der Waals surface area contributed by atoms with Crippen LogP contribution in [-0.2, 0) is 6.42 Å². The molecule has 2 N–H and O–H groups in total. The summed E-state index contributed by atoms with van der Waals surface area (Å²) in [5.41, 5.74) is 8.52. The van der Waals surface area contributed by atoms with Gasteiger partial charge in [-0.2, -0.15) is 0 Å². The Kier molecular flexibility index (Phi) is 4.59. The van der Waals surface area contributed by atoms with E-state index in [1.807, 2.05) is 12.1 Å². The molecule has 0 saturated carbocycles. The topological polar surface area (TPSA) is 39.2 Å². The third kappa shape index (κ3) is 3.23. The van der Waals surface area contributed by atoms with Gasteiger partial charge in [0.05, 0.1) is 6.26 Å². The van der Waals surface area contributed by atoms with Crippen LogP contribution in [-0.4, -0.2) is 6.54 Å². The number of nitrogens with two attached hydrogens (primary N) is 1. The molecule has 18 heavy (non-hydrogen) atoms. The van der Waals surface area contributed by atoms with Crippen LogP contribution in [0.15, 0.2) is 47.1 Å². The van der Waals surface area contributed by atoms with Crippen LogP contribution in [0.1, 0.15) is 35.6 Å². The van der Waals surface area contributed by atoms with Crippen LogP contribution >= 0.6 is 0 Å². The molecule has 0 aliphatic carbocycles. The smallest absolute Gasteiger partial charge is 0.103 e. The Bertz CT molecular complexity index is 462. The van der Waals surface area contributed by atoms with E-state index in [4.69, 9.17) is 10.2 Å². The van der Waals surface area contributed by atoms with E-state index < -0.39 is 0 Å². The van der Waals surface area contributed by atoms with Crippen molar-refractivity contribution in [1.29, 1.82) is 0 Å². The minimum Gasteiger partial charge on any atom is -0.469 e. The first-order chi connectivity index (χ1) is 8.81. The van der Waals surface area contributed by atoms with Crippen LogP contribution in [0, 0.1) is 6.92 Å². The van der Waals surface area contributed by atoms with E-state index in [2.05, 4.69) is 31.2 Å². The van der Waals surface area contributed by atoms with Crippen LogP contribution in [0.25, 0.3) is 0 Å². The van der Waals surface area contributed by atoms with E-state index >= 15 is 0 Å². The maximum atomic E-state index is 5.74. The molecular formula is C16H21NO. The molecule has 0 radical (unpaired) electrons. The summed E-state index contributed by atoms with van der Waals surface area (Å²) in [5.74, 6) is 1.59. The Morgan fingerprint density at radius 1 is 1.11 bits per heavy atom.